The summed E-state index contributed by atoms with van der Waals surface area (Å²) in [4.78, 5) is 17.6. The second-order valence-electron chi connectivity index (χ2n) is 8.54. The van der Waals surface area contributed by atoms with E-state index in [9.17, 15) is 4.79 Å². The number of hydrogen-bond donors (Lipinski definition) is 2. The fraction of sp³-hybridized carbons (Fsp3) is 0.148. The minimum Gasteiger partial charge on any atom is -0.397 e. The zero-order valence-corrected chi connectivity index (χ0v) is 19.0. The molecular weight excluding hydrogens is 442 g/mol. The van der Waals surface area contributed by atoms with Crippen LogP contribution in [0.3, 0.4) is 0 Å². The van der Waals surface area contributed by atoms with E-state index >= 15 is 0 Å². The third-order valence-corrected chi connectivity index (χ3v) is 6.48. The monoisotopic (exact) mass is 465 g/mol. The first kappa shape index (κ1) is 21.1. The zero-order chi connectivity index (χ0) is 23.9. The average Bonchev–Trinajstić information content (AvgIpc) is 3.64. The lowest BCUT2D eigenvalue weighted by atomic mass is 9.85. The molecule has 4 aromatic rings. The molecule has 0 spiro atoms. The van der Waals surface area contributed by atoms with Crippen molar-refractivity contribution in [2.75, 3.05) is 7.11 Å². The van der Waals surface area contributed by atoms with Crippen molar-refractivity contribution < 1.29 is 14.4 Å². The fourth-order valence-corrected chi connectivity index (χ4v) is 4.77. The second-order valence-corrected chi connectivity index (χ2v) is 8.54. The maximum Gasteiger partial charge on any atom is 0.251 e. The van der Waals surface area contributed by atoms with Crippen LogP contribution in [0.25, 0.3) is 5.69 Å². The molecule has 2 atom stereocenters. The number of nitrogens with one attached hydrogen (secondary N) is 1. The number of nitrogens with zero attached hydrogens (tertiary/aromatic N) is 3. The van der Waals surface area contributed by atoms with Crippen LogP contribution in [-0.2, 0) is 16.1 Å². The summed E-state index contributed by atoms with van der Waals surface area (Å²) in [6.45, 7) is 0.399. The Kier molecular flexibility index (Phi) is 5.08. The van der Waals surface area contributed by atoms with Gasteiger partial charge in [-0.3, -0.25) is 4.79 Å². The highest BCUT2D eigenvalue weighted by Crippen LogP contribution is 2.54. The number of aromatic nitrogens is 2. The fourth-order valence-electron chi connectivity index (χ4n) is 4.77. The van der Waals surface area contributed by atoms with E-state index in [1.54, 1.807) is 6.20 Å². The molecule has 8 nitrogen and oxygen atoms in total. The summed E-state index contributed by atoms with van der Waals surface area (Å²) < 4.78 is 8.14. The van der Waals surface area contributed by atoms with E-state index in [-0.39, 0.29) is 18.1 Å². The molecule has 3 N–H and O–H groups in total. The molecule has 3 heterocycles. The lowest BCUT2D eigenvalue weighted by Gasteiger charge is -2.17. The number of oxime groups is 1. The molecule has 0 saturated heterocycles. The highest BCUT2D eigenvalue weighted by molar-refractivity contribution is 5.97. The second kappa shape index (κ2) is 8.41. The van der Waals surface area contributed by atoms with Crippen LogP contribution in [0.5, 0.6) is 0 Å². The van der Waals surface area contributed by atoms with Crippen molar-refractivity contribution in [2.45, 2.75) is 18.8 Å². The van der Waals surface area contributed by atoms with E-state index in [1.807, 2.05) is 59.4 Å². The first-order valence-electron chi connectivity index (χ1n) is 11.3. The molecule has 6 rings (SSSR count). The molecular formula is C27H23N5O3. The summed E-state index contributed by atoms with van der Waals surface area (Å²) in [7, 11) is 1.45. The first-order chi connectivity index (χ1) is 17.1. The van der Waals surface area contributed by atoms with Crippen molar-refractivity contribution in [2.24, 2.45) is 10.9 Å². The highest BCUT2D eigenvalue weighted by atomic mass is 16.6. The standard InChI is InChI=1S/C27H23N5O3/c1-34-31-26(28)17-5-3-16(4-6-17)15-29-27(33)18-7-9-20-22(13-18)25-23-14-19(32-12-2-11-30-32)8-10-21(23)24(20)35-25/h2-14,24-25H,15H2,1H3,(H2,28,31)(H,29,33)/t24-,25+/m1/s1. The number of carbonyl (C=O) groups is 1. The van der Waals surface area contributed by atoms with Gasteiger partial charge in [-0.2, -0.15) is 5.10 Å². The topological polar surface area (TPSA) is 104 Å². The molecule has 0 aliphatic carbocycles. The van der Waals surface area contributed by atoms with E-state index in [4.69, 9.17) is 15.3 Å². The highest BCUT2D eigenvalue weighted by Gasteiger charge is 2.43. The zero-order valence-electron chi connectivity index (χ0n) is 19.0. The van der Waals surface area contributed by atoms with E-state index in [1.165, 1.54) is 12.7 Å². The Bertz CT molecular complexity index is 1440. The van der Waals surface area contributed by atoms with Crippen LogP contribution < -0.4 is 11.1 Å². The SMILES string of the molecule is CON=C(N)c1ccc(CNC(=O)c2ccc3c(c2)[C@@H]2O[C@H]3c3ccc(-n4cccn4)cc32)cc1. The minimum absolute atomic E-state index is 0.0959. The number of hydrogen-bond acceptors (Lipinski definition) is 5. The molecule has 0 radical (unpaired) electrons. The number of amides is 1. The minimum atomic E-state index is -0.181. The normalized spacial score (nSPS) is 17.7. The van der Waals surface area contributed by atoms with Gasteiger partial charge in [-0.15, -0.1) is 0 Å². The van der Waals surface area contributed by atoms with Crippen LogP contribution in [0.4, 0.5) is 0 Å². The van der Waals surface area contributed by atoms with Crippen LogP contribution in [0.15, 0.2) is 84.3 Å². The summed E-state index contributed by atoms with van der Waals surface area (Å²) in [5.74, 6) is 0.168. The largest absolute Gasteiger partial charge is 0.397 e. The van der Waals surface area contributed by atoms with Crippen molar-refractivity contribution in [3.63, 3.8) is 0 Å². The molecule has 2 aliphatic rings. The Morgan fingerprint density at radius 3 is 2.49 bits per heavy atom. The number of benzene rings is 3. The van der Waals surface area contributed by atoms with Crippen molar-refractivity contribution in [1.82, 2.24) is 15.1 Å². The van der Waals surface area contributed by atoms with Crippen molar-refractivity contribution in [1.29, 1.82) is 0 Å². The van der Waals surface area contributed by atoms with Gasteiger partial charge < -0.3 is 20.6 Å². The van der Waals surface area contributed by atoms with E-state index < -0.39 is 0 Å². The summed E-state index contributed by atoms with van der Waals surface area (Å²) in [5.41, 5.74) is 13.6. The lowest BCUT2D eigenvalue weighted by molar-refractivity contribution is 0.0857. The van der Waals surface area contributed by atoms with E-state index in [0.29, 0.717) is 17.9 Å². The summed E-state index contributed by atoms with van der Waals surface area (Å²) in [6, 6.07) is 21.5. The Morgan fingerprint density at radius 1 is 1.03 bits per heavy atom. The number of ether oxygens (including phenoxy) is 1. The Balaban J connectivity index is 1.18. The number of fused-ring (bicyclic) bond motifs is 8. The summed E-state index contributed by atoms with van der Waals surface area (Å²) in [6.07, 6.45) is 3.40. The van der Waals surface area contributed by atoms with Gasteiger partial charge in [0, 0.05) is 30.1 Å². The van der Waals surface area contributed by atoms with E-state index in [0.717, 1.165) is 33.5 Å². The summed E-state index contributed by atoms with van der Waals surface area (Å²) >= 11 is 0. The van der Waals surface area contributed by atoms with Gasteiger partial charge in [0.25, 0.3) is 5.91 Å². The maximum atomic E-state index is 12.9. The number of nitrogens with two attached hydrogens (primary N) is 1. The molecule has 0 unspecified atom stereocenters. The van der Waals surface area contributed by atoms with Crippen LogP contribution in [0, 0.1) is 0 Å². The van der Waals surface area contributed by atoms with Crippen LogP contribution >= 0.6 is 0 Å². The molecule has 8 heteroatoms. The Morgan fingerprint density at radius 2 is 1.74 bits per heavy atom. The number of rotatable bonds is 6. The van der Waals surface area contributed by atoms with Gasteiger partial charge >= 0.3 is 0 Å². The molecule has 2 aliphatic heterocycles. The molecule has 1 aromatic heterocycles. The lowest BCUT2D eigenvalue weighted by Crippen LogP contribution is -2.23. The molecule has 35 heavy (non-hydrogen) atoms. The molecule has 1 amide bonds. The van der Waals surface area contributed by atoms with Gasteiger partial charge in [-0.05, 0) is 58.1 Å². The quantitative estimate of drug-likeness (QED) is 0.257. The number of amidine groups is 1. The Labute approximate surface area is 202 Å². The van der Waals surface area contributed by atoms with Crippen LogP contribution in [0.2, 0.25) is 0 Å². The maximum absolute atomic E-state index is 12.9. The van der Waals surface area contributed by atoms with Gasteiger partial charge in [0.1, 0.15) is 19.3 Å². The summed E-state index contributed by atoms with van der Waals surface area (Å²) in [5, 5.41) is 11.0. The third kappa shape index (κ3) is 3.64. The van der Waals surface area contributed by atoms with Gasteiger partial charge in [0.2, 0.25) is 0 Å². The van der Waals surface area contributed by atoms with Gasteiger partial charge in [0.05, 0.1) is 5.69 Å². The average molecular weight is 466 g/mol. The molecule has 0 saturated carbocycles. The molecule has 174 valence electrons. The number of carbonyl (C=O) groups excluding carboxylic acids is 1. The van der Waals surface area contributed by atoms with Gasteiger partial charge in [-0.1, -0.05) is 41.6 Å². The van der Waals surface area contributed by atoms with E-state index in [2.05, 4.69) is 33.8 Å². The van der Waals surface area contributed by atoms with Crippen LogP contribution in [-0.4, -0.2) is 28.6 Å². The van der Waals surface area contributed by atoms with Gasteiger partial charge in [-0.25, -0.2) is 4.68 Å². The van der Waals surface area contributed by atoms with Crippen LogP contribution in [0.1, 0.15) is 55.9 Å². The predicted molar refractivity (Wildman–Crippen MR) is 130 cm³/mol. The van der Waals surface area contributed by atoms with Crippen molar-refractivity contribution in [3.05, 3.63) is 118 Å². The predicted octanol–water partition coefficient (Wildman–Crippen LogP) is 3.59. The molecule has 3 aromatic carbocycles. The first-order valence-corrected chi connectivity index (χ1v) is 11.3. The van der Waals surface area contributed by atoms with Crippen molar-refractivity contribution in [3.8, 4) is 5.69 Å². The van der Waals surface area contributed by atoms with Crippen molar-refractivity contribution >= 4 is 11.7 Å². The third-order valence-electron chi connectivity index (χ3n) is 6.48. The Hall–Kier alpha value is -4.43. The molecule has 2 bridgehead atoms. The molecule has 0 fully saturated rings. The van der Waals surface area contributed by atoms with Gasteiger partial charge in [0.15, 0.2) is 5.84 Å². The smallest absolute Gasteiger partial charge is 0.251 e.